The Morgan fingerprint density at radius 3 is 2.62 bits per heavy atom. The molecule has 0 radical (unpaired) electrons. The molecule has 0 N–H and O–H groups in total. The molecule has 0 aliphatic carbocycles. The summed E-state index contributed by atoms with van der Waals surface area (Å²) in [7, 11) is 1.55. The summed E-state index contributed by atoms with van der Waals surface area (Å²) in [6.07, 6.45) is 6.67. The van der Waals surface area contributed by atoms with E-state index in [-0.39, 0.29) is 17.7 Å². The largest absolute Gasteiger partial charge is 0.464 e. The Labute approximate surface area is 151 Å². The first kappa shape index (κ1) is 16.3. The number of benzene rings is 2. The normalized spacial score (nSPS) is 18.2. The van der Waals surface area contributed by atoms with Gasteiger partial charge in [0.25, 0.3) is 0 Å². The maximum Gasteiger partial charge on any atom is 0.236 e. The van der Waals surface area contributed by atoms with Crippen LogP contribution in [0.15, 0.2) is 59.2 Å². The molecule has 2 aromatic carbocycles. The lowest BCUT2D eigenvalue weighted by Gasteiger charge is -2.27. The zero-order valence-corrected chi connectivity index (χ0v) is 14.5. The molecule has 2 amide bonds. The van der Waals surface area contributed by atoms with Gasteiger partial charge in [-0.05, 0) is 29.7 Å². The van der Waals surface area contributed by atoms with Crippen molar-refractivity contribution in [1.29, 1.82) is 0 Å². The Hall–Kier alpha value is -3.14. The molecule has 0 saturated carbocycles. The van der Waals surface area contributed by atoms with E-state index in [2.05, 4.69) is 6.08 Å². The second-order valence-corrected chi connectivity index (χ2v) is 6.57. The zero-order valence-electron chi connectivity index (χ0n) is 14.5. The maximum atomic E-state index is 12.5. The SMILES string of the molecule is CN1C(=O)CCC(c2coc3ccc(/C=C/c4ccccc4)cc23)C1=O. The first-order valence-electron chi connectivity index (χ1n) is 8.68. The third-order valence-electron chi connectivity index (χ3n) is 4.92. The van der Waals surface area contributed by atoms with Crippen LogP contribution in [0, 0.1) is 0 Å². The quantitative estimate of drug-likeness (QED) is 0.520. The van der Waals surface area contributed by atoms with Crippen molar-refractivity contribution in [3.8, 4) is 0 Å². The van der Waals surface area contributed by atoms with Crippen LogP contribution in [-0.2, 0) is 9.59 Å². The lowest BCUT2D eigenvalue weighted by Crippen LogP contribution is -2.41. The molecule has 1 aliphatic rings. The molecule has 1 aliphatic heterocycles. The zero-order chi connectivity index (χ0) is 18.1. The number of amides is 2. The van der Waals surface area contributed by atoms with Crippen molar-refractivity contribution in [1.82, 2.24) is 4.90 Å². The summed E-state index contributed by atoms with van der Waals surface area (Å²) in [6.45, 7) is 0. The highest BCUT2D eigenvalue weighted by atomic mass is 16.3. The number of carbonyl (C=O) groups is 2. The molecule has 1 fully saturated rings. The number of fused-ring (bicyclic) bond motifs is 1. The lowest BCUT2D eigenvalue weighted by molar-refractivity contribution is -0.147. The summed E-state index contributed by atoms with van der Waals surface area (Å²) in [5, 5.41) is 0.932. The van der Waals surface area contributed by atoms with Crippen molar-refractivity contribution in [2.45, 2.75) is 18.8 Å². The van der Waals surface area contributed by atoms with E-state index in [1.54, 1.807) is 13.3 Å². The average molecular weight is 345 g/mol. The van der Waals surface area contributed by atoms with Crippen molar-refractivity contribution in [3.05, 3.63) is 71.5 Å². The highest BCUT2D eigenvalue weighted by molar-refractivity contribution is 6.02. The molecule has 0 bridgehead atoms. The van der Waals surface area contributed by atoms with Crippen molar-refractivity contribution in [3.63, 3.8) is 0 Å². The molecule has 4 heteroatoms. The van der Waals surface area contributed by atoms with Gasteiger partial charge in [0.2, 0.25) is 11.8 Å². The number of carbonyl (C=O) groups excluding carboxylic acids is 2. The summed E-state index contributed by atoms with van der Waals surface area (Å²) < 4.78 is 5.65. The van der Waals surface area contributed by atoms with Crippen molar-refractivity contribution < 1.29 is 14.0 Å². The van der Waals surface area contributed by atoms with Gasteiger partial charge in [-0.3, -0.25) is 14.5 Å². The standard InChI is InChI=1S/C22H19NO3/c1-23-21(24)12-10-17(22(23)25)19-14-26-20-11-9-16(13-18(19)20)8-7-15-5-3-2-4-6-15/h2-9,11,13-14,17H,10,12H2,1H3/b8-7+. The lowest BCUT2D eigenvalue weighted by atomic mass is 9.89. The summed E-state index contributed by atoms with van der Waals surface area (Å²) >= 11 is 0. The van der Waals surface area contributed by atoms with Crippen LogP contribution >= 0.6 is 0 Å². The Kier molecular flexibility index (Phi) is 4.17. The van der Waals surface area contributed by atoms with Gasteiger partial charge in [-0.15, -0.1) is 0 Å². The van der Waals surface area contributed by atoms with Crippen LogP contribution in [0.5, 0.6) is 0 Å². The number of likely N-dealkylation sites (N-methyl/N-ethyl adjacent to an activating group) is 1. The van der Waals surface area contributed by atoms with Crippen LogP contribution in [0.1, 0.15) is 35.4 Å². The topological polar surface area (TPSA) is 50.5 Å². The van der Waals surface area contributed by atoms with Crippen LogP contribution in [-0.4, -0.2) is 23.8 Å². The summed E-state index contributed by atoms with van der Waals surface area (Å²) in [6, 6.07) is 16.0. The highest BCUT2D eigenvalue weighted by Gasteiger charge is 2.34. The second kappa shape index (κ2) is 6.64. The number of furan rings is 1. The van der Waals surface area contributed by atoms with Gasteiger partial charge in [-0.25, -0.2) is 0 Å². The van der Waals surface area contributed by atoms with Gasteiger partial charge in [-0.2, -0.15) is 0 Å². The van der Waals surface area contributed by atoms with Crippen LogP contribution in [0.2, 0.25) is 0 Å². The Morgan fingerprint density at radius 1 is 1.04 bits per heavy atom. The number of nitrogens with zero attached hydrogens (tertiary/aromatic N) is 1. The molecule has 4 rings (SSSR count). The fourth-order valence-corrected chi connectivity index (χ4v) is 3.40. The van der Waals surface area contributed by atoms with E-state index >= 15 is 0 Å². The van der Waals surface area contributed by atoms with Crippen molar-refractivity contribution >= 4 is 34.9 Å². The van der Waals surface area contributed by atoms with E-state index in [0.29, 0.717) is 12.8 Å². The van der Waals surface area contributed by atoms with Crippen LogP contribution < -0.4 is 0 Å². The molecule has 26 heavy (non-hydrogen) atoms. The van der Waals surface area contributed by atoms with Crippen molar-refractivity contribution in [2.24, 2.45) is 0 Å². The molecule has 0 spiro atoms. The maximum absolute atomic E-state index is 12.5. The first-order valence-corrected chi connectivity index (χ1v) is 8.68. The summed E-state index contributed by atoms with van der Waals surface area (Å²) in [4.78, 5) is 25.5. The van der Waals surface area contributed by atoms with E-state index < -0.39 is 0 Å². The van der Waals surface area contributed by atoms with Gasteiger partial charge < -0.3 is 4.42 Å². The molecule has 130 valence electrons. The van der Waals surface area contributed by atoms with Gasteiger partial charge in [0.1, 0.15) is 5.58 Å². The Bertz CT molecular complexity index is 1000. The third-order valence-corrected chi connectivity index (χ3v) is 4.92. The molecule has 2 heterocycles. The fraction of sp³-hybridized carbons (Fsp3) is 0.182. The molecular weight excluding hydrogens is 326 g/mol. The highest BCUT2D eigenvalue weighted by Crippen LogP contribution is 2.35. The predicted octanol–water partition coefficient (Wildman–Crippen LogP) is 4.47. The molecule has 3 aromatic rings. The van der Waals surface area contributed by atoms with Gasteiger partial charge in [0.05, 0.1) is 12.2 Å². The number of rotatable bonds is 3. The van der Waals surface area contributed by atoms with Crippen LogP contribution in [0.25, 0.3) is 23.1 Å². The fourth-order valence-electron chi connectivity index (χ4n) is 3.40. The summed E-state index contributed by atoms with van der Waals surface area (Å²) in [5.74, 6) is -0.605. The first-order chi connectivity index (χ1) is 12.6. The van der Waals surface area contributed by atoms with Crippen LogP contribution in [0.4, 0.5) is 0 Å². The van der Waals surface area contributed by atoms with Gasteiger partial charge in [0.15, 0.2) is 0 Å². The molecule has 1 aromatic heterocycles. The van der Waals surface area contributed by atoms with Gasteiger partial charge in [0, 0.05) is 24.4 Å². The number of piperidine rings is 1. The number of hydrogen-bond donors (Lipinski definition) is 0. The average Bonchev–Trinajstić information content (AvgIpc) is 3.08. The molecule has 1 atom stereocenters. The van der Waals surface area contributed by atoms with E-state index in [1.807, 2.05) is 54.6 Å². The molecule has 4 nitrogen and oxygen atoms in total. The van der Waals surface area contributed by atoms with Crippen LogP contribution in [0.3, 0.4) is 0 Å². The minimum absolute atomic E-state index is 0.120. The van der Waals surface area contributed by atoms with Crippen molar-refractivity contribution in [2.75, 3.05) is 7.05 Å². The van der Waals surface area contributed by atoms with E-state index in [9.17, 15) is 9.59 Å². The molecule has 1 unspecified atom stereocenters. The Balaban J connectivity index is 1.68. The molecule has 1 saturated heterocycles. The minimum atomic E-state index is -0.327. The summed E-state index contributed by atoms with van der Waals surface area (Å²) in [5.41, 5.74) is 3.78. The number of hydrogen-bond acceptors (Lipinski definition) is 3. The number of likely N-dealkylation sites (tertiary alicyclic amines) is 1. The smallest absolute Gasteiger partial charge is 0.236 e. The van der Waals surface area contributed by atoms with E-state index in [1.165, 1.54) is 4.90 Å². The molecular formula is C22H19NO3. The third kappa shape index (κ3) is 2.94. The number of imide groups is 1. The van der Waals surface area contributed by atoms with E-state index in [0.717, 1.165) is 27.7 Å². The van der Waals surface area contributed by atoms with E-state index in [4.69, 9.17) is 4.42 Å². The Morgan fingerprint density at radius 2 is 1.81 bits per heavy atom. The predicted molar refractivity (Wildman–Crippen MR) is 101 cm³/mol. The van der Waals surface area contributed by atoms with Gasteiger partial charge >= 0.3 is 0 Å². The second-order valence-electron chi connectivity index (χ2n) is 6.57. The minimum Gasteiger partial charge on any atom is -0.464 e. The monoisotopic (exact) mass is 345 g/mol. The van der Waals surface area contributed by atoms with Gasteiger partial charge in [-0.1, -0.05) is 48.6 Å².